The molecular formula is C20H23NO2S. The number of carbonyl (C=O) groups is 1. The molecule has 1 aliphatic heterocycles. The van der Waals surface area contributed by atoms with Gasteiger partial charge in [-0.05, 0) is 29.2 Å². The molecule has 1 saturated heterocycles. The lowest BCUT2D eigenvalue weighted by molar-refractivity contribution is -0.133. The summed E-state index contributed by atoms with van der Waals surface area (Å²) in [5.74, 6) is 2.26. The Balaban J connectivity index is 1.65. The summed E-state index contributed by atoms with van der Waals surface area (Å²) in [6.07, 6.45) is 0. The number of para-hydroxylation sites is 1. The van der Waals surface area contributed by atoms with Crippen molar-refractivity contribution in [3.05, 3.63) is 65.7 Å². The predicted octanol–water partition coefficient (Wildman–Crippen LogP) is 4.46. The van der Waals surface area contributed by atoms with Crippen molar-refractivity contribution >= 4 is 17.7 Å². The standard InChI is InChI=1S/C20H23NO2S/c1-15(2)16-8-10-17(11-9-16)20-21(12-13-24-20)19(22)14-23-18-6-4-3-5-7-18/h3-11,15,20H,12-14H2,1-2H3. The van der Waals surface area contributed by atoms with E-state index in [0.717, 1.165) is 18.0 Å². The van der Waals surface area contributed by atoms with Crippen molar-refractivity contribution in [2.75, 3.05) is 18.9 Å². The minimum atomic E-state index is 0.0433. The third kappa shape index (κ3) is 3.93. The van der Waals surface area contributed by atoms with Crippen molar-refractivity contribution in [3.63, 3.8) is 0 Å². The molecule has 0 aromatic heterocycles. The van der Waals surface area contributed by atoms with Crippen LogP contribution in [0.4, 0.5) is 0 Å². The summed E-state index contributed by atoms with van der Waals surface area (Å²) in [4.78, 5) is 14.5. The fraction of sp³-hybridized carbons (Fsp3) is 0.350. The van der Waals surface area contributed by atoms with Crippen molar-refractivity contribution < 1.29 is 9.53 Å². The zero-order valence-electron chi connectivity index (χ0n) is 14.1. The van der Waals surface area contributed by atoms with Crippen LogP contribution in [-0.2, 0) is 4.79 Å². The van der Waals surface area contributed by atoms with Gasteiger partial charge >= 0.3 is 0 Å². The van der Waals surface area contributed by atoms with Crippen LogP contribution in [0.3, 0.4) is 0 Å². The topological polar surface area (TPSA) is 29.5 Å². The molecule has 1 atom stereocenters. The molecule has 0 bridgehead atoms. The van der Waals surface area contributed by atoms with Crippen LogP contribution >= 0.6 is 11.8 Å². The Hall–Kier alpha value is -1.94. The van der Waals surface area contributed by atoms with Gasteiger partial charge in [0.15, 0.2) is 6.61 Å². The van der Waals surface area contributed by atoms with Gasteiger partial charge in [0.25, 0.3) is 5.91 Å². The Morgan fingerprint density at radius 2 is 1.88 bits per heavy atom. The fourth-order valence-corrected chi connectivity index (χ4v) is 4.07. The van der Waals surface area contributed by atoms with Crippen molar-refractivity contribution in [3.8, 4) is 5.75 Å². The molecule has 3 rings (SSSR count). The summed E-state index contributed by atoms with van der Waals surface area (Å²) < 4.78 is 5.61. The van der Waals surface area contributed by atoms with E-state index in [1.54, 1.807) is 0 Å². The highest BCUT2D eigenvalue weighted by molar-refractivity contribution is 7.99. The van der Waals surface area contributed by atoms with Gasteiger partial charge in [-0.2, -0.15) is 0 Å². The molecule has 3 nitrogen and oxygen atoms in total. The average Bonchev–Trinajstić information content (AvgIpc) is 3.10. The second kappa shape index (κ2) is 7.75. The van der Waals surface area contributed by atoms with Crippen LogP contribution in [0.25, 0.3) is 0 Å². The zero-order valence-corrected chi connectivity index (χ0v) is 15.0. The molecule has 4 heteroatoms. The van der Waals surface area contributed by atoms with Gasteiger partial charge in [0.1, 0.15) is 11.1 Å². The SMILES string of the molecule is CC(C)c1ccc(C2SCCN2C(=O)COc2ccccc2)cc1. The molecule has 1 amide bonds. The highest BCUT2D eigenvalue weighted by atomic mass is 32.2. The number of carbonyl (C=O) groups excluding carboxylic acids is 1. The van der Waals surface area contributed by atoms with Gasteiger partial charge in [-0.15, -0.1) is 11.8 Å². The molecule has 1 aliphatic rings. The van der Waals surface area contributed by atoms with E-state index in [1.165, 1.54) is 11.1 Å². The van der Waals surface area contributed by atoms with E-state index in [0.29, 0.717) is 5.92 Å². The maximum absolute atomic E-state index is 12.6. The fourth-order valence-electron chi connectivity index (χ4n) is 2.79. The number of ether oxygens (including phenoxy) is 1. The molecular weight excluding hydrogens is 318 g/mol. The predicted molar refractivity (Wildman–Crippen MR) is 99.4 cm³/mol. The van der Waals surface area contributed by atoms with E-state index in [2.05, 4.69) is 38.1 Å². The first kappa shape index (κ1) is 16.9. The average molecular weight is 341 g/mol. The van der Waals surface area contributed by atoms with Crippen LogP contribution < -0.4 is 4.74 Å². The van der Waals surface area contributed by atoms with Gasteiger partial charge in [0, 0.05) is 12.3 Å². The van der Waals surface area contributed by atoms with Gasteiger partial charge in [0.05, 0.1) is 0 Å². The molecule has 1 unspecified atom stereocenters. The maximum Gasteiger partial charge on any atom is 0.261 e. The minimum Gasteiger partial charge on any atom is -0.484 e. The van der Waals surface area contributed by atoms with E-state index in [9.17, 15) is 4.79 Å². The van der Waals surface area contributed by atoms with Crippen LogP contribution in [0.1, 0.15) is 36.3 Å². The number of amides is 1. The number of rotatable bonds is 5. The summed E-state index contributed by atoms with van der Waals surface area (Å²) >= 11 is 1.82. The Bertz CT molecular complexity index is 670. The molecule has 1 heterocycles. The molecule has 0 spiro atoms. The van der Waals surface area contributed by atoms with E-state index >= 15 is 0 Å². The van der Waals surface area contributed by atoms with Crippen LogP contribution in [0.15, 0.2) is 54.6 Å². The molecule has 1 fully saturated rings. The highest BCUT2D eigenvalue weighted by Crippen LogP contribution is 2.38. The quantitative estimate of drug-likeness (QED) is 0.804. The summed E-state index contributed by atoms with van der Waals surface area (Å²) in [5, 5.41) is 0.0954. The Labute approximate surface area is 148 Å². The van der Waals surface area contributed by atoms with Gasteiger partial charge in [-0.25, -0.2) is 0 Å². The molecule has 0 saturated carbocycles. The maximum atomic E-state index is 12.6. The van der Waals surface area contributed by atoms with E-state index in [4.69, 9.17) is 4.74 Å². The molecule has 2 aromatic rings. The molecule has 2 aromatic carbocycles. The summed E-state index contributed by atoms with van der Waals surface area (Å²) in [6.45, 7) is 5.25. The van der Waals surface area contributed by atoms with Gasteiger partial charge in [-0.1, -0.05) is 56.3 Å². The molecule has 0 N–H and O–H groups in total. The van der Waals surface area contributed by atoms with Crippen molar-refractivity contribution in [2.45, 2.75) is 25.1 Å². The van der Waals surface area contributed by atoms with Crippen LogP contribution in [0.5, 0.6) is 5.75 Å². The third-order valence-corrected chi connectivity index (χ3v) is 5.47. The molecule has 0 aliphatic carbocycles. The number of benzene rings is 2. The lowest BCUT2D eigenvalue weighted by atomic mass is 10.0. The Kier molecular flexibility index (Phi) is 5.46. The van der Waals surface area contributed by atoms with Crippen molar-refractivity contribution in [1.82, 2.24) is 4.90 Å². The van der Waals surface area contributed by atoms with Gasteiger partial charge in [0.2, 0.25) is 0 Å². The zero-order chi connectivity index (χ0) is 16.9. The molecule has 0 radical (unpaired) electrons. The first-order valence-electron chi connectivity index (χ1n) is 8.34. The largest absolute Gasteiger partial charge is 0.484 e. The third-order valence-electron chi connectivity index (χ3n) is 4.21. The number of nitrogens with zero attached hydrogens (tertiary/aromatic N) is 1. The summed E-state index contributed by atoms with van der Waals surface area (Å²) in [6, 6.07) is 18.1. The van der Waals surface area contributed by atoms with E-state index in [1.807, 2.05) is 47.0 Å². The lowest BCUT2D eigenvalue weighted by Gasteiger charge is -2.24. The molecule has 126 valence electrons. The summed E-state index contributed by atoms with van der Waals surface area (Å²) in [5.41, 5.74) is 2.52. The Morgan fingerprint density at radius 1 is 1.17 bits per heavy atom. The van der Waals surface area contributed by atoms with Gasteiger partial charge < -0.3 is 9.64 Å². The molecule has 24 heavy (non-hydrogen) atoms. The van der Waals surface area contributed by atoms with E-state index in [-0.39, 0.29) is 17.9 Å². The minimum absolute atomic E-state index is 0.0433. The number of hydrogen-bond donors (Lipinski definition) is 0. The number of hydrogen-bond acceptors (Lipinski definition) is 3. The first-order chi connectivity index (χ1) is 11.6. The number of thioether (sulfide) groups is 1. The van der Waals surface area contributed by atoms with E-state index < -0.39 is 0 Å². The smallest absolute Gasteiger partial charge is 0.261 e. The highest BCUT2D eigenvalue weighted by Gasteiger charge is 2.30. The van der Waals surface area contributed by atoms with Crippen LogP contribution in [0, 0.1) is 0 Å². The summed E-state index contributed by atoms with van der Waals surface area (Å²) in [7, 11) is 0. The second-order valence-electron chi connectivity index (χ2n) is 6.23. The normalized spacial score (nSPS) is 17.3. The van der Waals surface area contributed by atoms with Crippen molar-refractivity contribution in [2.24, 2.45) is 0 Å². The second-order valence-corrected chi connectivity index (χ2v) is 7.42. The van der Waals surface area contributed by atoms with Crippen LogP contribution in [0.2, 0.25) is 0 Å². The van der Waals surface area contributed by atoms with Crippen molar-refractivity contribution in [1.29, 1.82) is 0 Å². The van der Waals surface area contributed by atoms with Crippen LogP contribution in [-0.4, -0.2) is 29.7 Å². The lowest BCUT2D eigenvalue weighted by Crippen LogP contribution is -2.34. The monoisotopic (exact) mass is 341 g/mol. The first-order valence-corrected chi connectivity index (χ1v) is 9.39. The van der Waals surface area contributed by atoms with Gasteiger partial charge in [-0.3, -0.25) is 4.79 Å². The Morgan fingerprint density at radius 3 is 2.54 bits per heavy atom.